The molecule has 0 aromatic rings. The summed E-state index contributed by atoms with van der Waals surface area (Å²) >= 11 is 0. The molecule has 0 spiro atoms. The van der Waals surface area contributed by atoms with Crippen molar-refractivity contribution >= 4 is 0 Å². The van der Waals surface area contributed by atoms with E-state index < -0.39 is 5.79 Å². The van der Waals surface area contributed by atoms with Gasteiger partial charge in [-0.05, 0) is 20.3 Å². The molecule has 28 heavy (non-hydrogen) atoms. The van der Waals surface area contributed by atoms with E-state index >= 15 is 0 Å². The van der Waals surface area contributed by atoms with E-state index in [1.54, 1.807) is 7.11 Å². The first kappa shape index (κ1) is 25.9. The van der Waals surface area contributed by atoms with Crippen molar-refractivity contribution in [1.82, 2.24) is 0 Å². The third kappa shape index (κ3) is 12.4. The molecule has 0 aliphatic carbocycles. The van der Waals surface area contributed by atoms with Gasteiger partial charge < -0.3 is 9.47 Å². The smallest absolute Gasteiger partial charge is 0.201 e. The number of hydrogen-bond acceptors (Lipinski definition) is 4. The summed E-state index contributed by atoms with van der Waals surface area (Å²) < 4.78 is 10.8. The summed E-state index contributed by atoms with van der Waals surface area (Å²) in [5.74, 6) is -0.636. The number of unbranched alkanes of at least 4 members (excludes halogenated alkanes) is 13. The van der Waals surface area contributed by atoms with E-state index in [-0.39, 0.29) is 5.60 Å². The van der Waals surface area contributed by atoms with Crippen molar-refractivity contribution in [2.75, 3.05) is 20.3 Å². The molecule has 1 unspecified atom stereocenters. The Labute approximate surface area is 175 Å². The lowest BCUT2D eigenvalue weighted by molar-refractivity contribution is -0.396. The fourth-order valence-corrected chi connectivity index (χ4v) is 4.17. The largest absolute Gasteiger partial charge is 0.382 e. The summed E-state index contributed by atoms with van der Waals surface area (Å²) in [7, 11) is 1.68. The van der Waals surface area contributed by atoms with E-state index in [1.165, 1.54) is 89.9 Å². The second-order valence-electron chi connectivity index (χ2n) is 9.11. The Morgan fingerprint density at radius 3 is 1.68 bits per heavy atom. The molecule has 4 nitrogen and oxygen atoms in total. The molecule has 0 bridgehead atoms. The van der Waals surface area contributed by atoms with Crippen LogP contribution in [0.1, 0.15) is 124 Å². The fraction of sp³-hybridized carbons (Fsp3) is 1.00. The lowest BCUT2D eigenvalue weighted by Crippen LogP contribution is -2.32. The van der Waals surface area contributed by atoms with Gasteiger partial charge in [-0.3, -0.25) is 0 Å². The minimum atomic E-state index is -0.636. The van der Waals surface area contributed by atoms with Gasteiger partial charge in [0.25, 0.3) is 0 Å². The normalized spacial score (nSPS) is 24.9. The number of rotatable bonds is 19. The van der Waals surface area contributed by atoms with Gasteiger partial charge in [0.1, 0.15) is 5.60 Å². The van der Waals surface area contributed by atoms with Crippen molar-refractivity contribution in [3.8, 4) is 0 Å². The van der Waals surface area contributed by atoms with Crippen LogP contribution < -0.4 is 0 Å². The first-order valence-corrected chi connectivity index (χ1v) is 12.0. The Bertz CT molecular complexity index is 363. The molecule has 0 N–H and O–H groups in total. The molecule has 2 atom stereocenters. The number of ether oxygens (including phenoxy) is 2. The quantitative estimate of drug-likeness (QED) is 0.168. The van der Waals surface area contributed by atoms with Crippen molar-refractivity contribution in [1.29, 1.82) is 0 Å². The first-order valence-electron chi connectivity index (χ1n) is 12.0. The first-order chi connectivity index (χ1) is 13.5. The van der Waals surface area contributed by atoms with Crippen LogP contribution in [0.4, 0.5) is 0 Å². The molecule has 0 amide bonds. The Hall–Kier alpha value is -0.160. The highest BCUT2D eigenvalue weighted by molar-refractivity contribution is 4.85. The van der Waals surface area contributed by atoms with Crippen molar-refractivity contribution in [3.63, 3.8) is 0 Å². The topological polar surface area (TPSA) is 36.9 Å². The Balaban J connectivity index is 1.91. The van der Waals surface area contributed by atoms with Gasteiger partial charge in [0.05, 0.1) is 13.2 Å². The predicted molar refractivity (Wildman–Crippen MR) is 116 cm³/mol. The molecule has 1 heterocycles. The van der Waals surface area contributed by atoms with Crippen molar-refractivity contribution in [2.45, 2.75) is 135 Å². The van der Waals surface area contributed by atoms with Crippen LogP contribution in [0.25, 0.3) is 0 Å². The fourth-order valence-electron chi connectivity index (χ4n) is 4.17. The average Bonchev–Trinajstić information content (AvgIpc) is 2.97. The minimum Gasteiger partial charge on any atom is -0.382 e. The van der Waals surface area contributed by atoms with Gasteiger partial charge >= 0.3 is 0 Å². The highest BCUT2D eigenvalue weighted by Gasteiger charge is 2.46. The maximum atomic E-state index is 5.78. The van der Waals surface area contributed by atoms with E-state index in [9.17, 15) is 0 Å². The average molecular weight is 401 g/mol. The van der Waals surface area contributed by atoms with Crippen LogP contribution in [0.2, 0.25) is 0 Å². The van der Waals surface area contributed by atoms with Crippen LogP contribution >= 0.6 is 0 Å². The van der Waals surface area contributed by atoms with E-state index in [0.717, 1.165) is 12.8 Å². The van der Waals surface area contributed by atoms with Crippen LogP contribution in [-0.4, -0.2) is 31.7 Å². The summed E-state index contributed by atoms with van der Waals surface area (Å²) in [6, 6.07) is 0. The van der Waals surface area contributed by atoms with Crippen LogP contribution in [0.5, 0.6) is 0 Å². The molecule has 1 fully saturated rings. The van der Waals surface area contributed by atoms with Gasteiger partial charge in [-0.2, -0.15) is 0 Å². The third-order valence-electron chi connectivity index (χ3n) is 5.87. The van der Waals surface area contributed by atoms with Crippen molar-refractivity contribution in [2.24, 2.45) is 0 Å². The zero-order chi connectivity index (χ0) is 20.6. The molecule has 1 aliphatic rings. The maximum Gasteiger partial charge on any atom is 0.201 e. The van der Waals surface area contributed by atoms with Crippen LogP contribution in [0, 0.1) is 0 Å². The molecular weight excluding hydrogens is 352 g/mol. The van der Waals surface area contributed by atoms with Crippen molar-refractivity contribution in [3.05, 3.63) is 0 Å². The molecule has 0 aromatic carbocycles. The molecule has 0 radical (unpaired) electrons. The van der Waals surface area contributed by atoms with E-state index in [2.05, 4.69) is 13.8 Å². The zero-order valence-corrected chi connectivity index (χ0v) is 19.4. The molecule has 1 aliphatic heterocycles. The van der Waals surface area contributed by atoms with Gasteiger partial charge in [0.15, 0.2) is 0 Å². The van der Waals surface area contributed by atoms with Crippen LogP contribution in [-0.2, 0) is 19.2 Å². The summed E-state index contributed by atoms with van der Waals surface area (Å²) in [5, 5.41) is 0. The van der Waals surface area contributed by atoms with Gasteiger partial charge in [-0.1, -0.05) is 96.8 Å². The monoisotopic (exact) mass is 400 g/mol. The van der Waals surface area contributed by atoms with Crippen molar-refractivity contribution < 1.29 is 19.2 Å². The number of methoxy groups -OCH3 is 1. The van der Waals surface area contributed by atoms with Gasteiger partial charge in [-0.25, -0.2) is 9.78 Å². The summed E-state index contributed by atoms with van der Waals surface area (Å²) in [6.07, 6.45) is 21.2. The van der Waals surface area contributed by atoms with Gasteiger partial charge in [0, 0.05) is 13.5 Å². The standard InChI is InChI=1S/C24H48O4/c1-5-6-7-8-9-10-11-12-13-14-15-16-17-18-19-23(2)22-24(3,28-27-23)26-21-20-25-4/h5-22H2,1-4H3/t23-,24?/m0/s1. The molecular formula is C24H48O4. The van der Waals surface area contributed by atoms with Crippen LogP contribution in [0.15, 0.2) is 0 Å². The molecule has 0 aromatic heterocycles. The van der Waals surface area contributed by atoms with Gasteiger partial charge in [0.2, 0.25) is 5.79 Å². The van der Waals surface area contributed by atoms with E-state index in [4.69, 9.17) is 19.2 Å². The SMILES string of the molecule is CCCCCCCCCCCCCCCC[C@@]1(C)CC(C)(OCCOC)OO1. The molecule has 1 saturated heterocycles. The number of hydrogen-bond donors (Lipinski definition) is 0. The van der Waals surface area contributed by atoms with Gasteiger partial charge in [-0.15, -0.1) is 0 Å². The Morgan fingerprint density at radius 2 is 1.18 bits per heavy atom. The summed E-state index contributed by atoms with van der Waals surface area (Å²) in [5.41, 5.74) is -0.223. The Morgan fingerprint density at radius 1 is 0.679 bits per heavy atom. The second-order valence-corrected chi connectivity index (χ2v) is 9.11. The summed E-state index contributed by atoms with van der Waals surface area (Å²) in [4.78, 5) is 11.1. The second kappa shape index (κ2) is 15.6. The van der Waals surface area contributed by atoms with E-state index in [0.29, 0.717) is 13.2 Å². The Kier molecular flexibility index (Phi) is 14.5. The molecule has 4 heteroatoms. The minimum absolute atomic E-state index is 0.223. The highest BCUT2D eigenvalue weighted by atomic mass is 17.2. The lowest BCUT2D eigenvalue weighted by Gasteiger charge is -2.23. The maximum absolute atomic E-state index is 5.78. The molecule has 168 valence electrons. The predicted octanol–water partition coefficient (Wildman–Crippen LogP) is 7.35. The molecule has 1 rings (SSSR count). The summed E-state index contributed by atoms with van der Waals surface area (Å²) in [6.45, 7) is 7.49. The van der Waals surface area contributed by atoms with Crippen LogP contribution in [0.3, 0.4) is 0 Å². The highest BCUT2D eigenvalue weighted by Crippen LogP contribution is 2.39. The third-order valence-corrected chi connectivity index (χ3v) is 5.87. The molecule has 0 saturated carbocycles. The zero-order valence-electron chi connectivity index (χ0n) is 19.4. The lowest BCUT2D eigenvalue weighted by atomic mass is 9.91. The van der Waals surface area contributed by atoms with E-state index in [1.807, 2.05) is 6.92 Å².